The SMILES string of the molecule is CCOc1ccc(C=Cc2ccc3cccc(O)c3n2)cc1. The molecule has 22 heavy (non-hydrogen) atoms. The molecule has 0 aliphatic heterocycles. The van der Waals surface area contributed by atoms with Crippen LogP contribution in [0, 0.1) is 0 Å². The summed E-state index contributed by atoms with van der Waals surface area (Å²) in [5.74, 6) is 1.07. The molecule has 2 aromatic carbocycles. The van der Waals surface area contributed by atoms with Crippen molar-refractivity contribution >= 4 is 23.1 Å². The van der Waals surface area contributed by atoms with Crippen molar-refractivity contribution in [2.75, 3.05) is 6.61 Å². The Kier molecular flexibility index (Phi) is 4.05. The van der Waals surface area contributed by atoms with Crippen LogP contribution in [0.4, 0.5) is 0 Å². The van der Waals surface area contributed by atoms with Gasteiger partial charge in [-0.3, -0.25) is 0 Å². The molecule has 1 aromatic heterocycles. The maximum atomic E-state index is 9.86. The number of phenols is 1. The molecule has 3 nitrogen and oxygen atoms in total. The molecule has 3 aromatic rings. The van der Waals surface area contributed by atoms with Crippen LogP contribution in [0.1, 0.15) is 18.2 Å². The zero-order valence-corrected chi connectivity index (χ0v) is 12.4. The maximum absolute atomic E-state index is 9.86. The Bertz CT molecular complexity index is 807. The Labute approximate surface area is 129 Å². The molecular weight excluding hydrogens is 274 g/mol. The zero-order chi connectivity index (χ0) is 15.4. The van der Waals surface area contributed by atoms with Gasteiger partial charge < -0.3 is 9.84 Å². The molecule has 0 radical (unpaired) electrons. The summed E-state index contributed by atoms with van der Waals surface area (Å²) in [6, 6.07) is 17.2. The van der Waals surface area contributed by atoms with Crippen molar-refractivity contribution < 1.29 is 9.84 Å². The minimum atomic E-state index is 0.203. The number of hydrogen-bond donors (Lipinski definition) is 1. The normalized spacial score (nSPS) is 11.1. The molecule has 0 spiro atoms. The standard InChI is InChI=1S/C19H17NO2/c1-2-22-17-12-7-14(8-13-17)6-10-16-11-9-15-4-3-5-18(21)19(15)20-16/h3-13,21H,2H2,1H3. The molecule has 0 saturated heterocycles. The number of fused-ring (bicyclic) bond motifs is 1. The summed E-state index contributed by atoms with van der Waals surface area (Å²) in [4.78, 5) is 4.48. The summed E-state index contributed by atoms with van der Waals surface area (Å²) in [7, 11) is 0. The number of phenolic OH excluding ortho intramolecular Hbond substituents is 1. The highest BCUT2D eigenvalue weighted by atomic mass is 16.5. The number of nitrogens with zero attached hydrogens (tertiary/aromatic N) is 1. The second-order valence-corrected chi connectivity index (χ2v) is 4.92. The molecule has 3 rings (SSSR count). The summed E-state index contributed by atoms with van der Waals surface area (Å²) in [5.41, 5.74) is 2.50. The summed E-state index contributed by atoms with van der Waals surface area (Å²) in [5, 5.41) is 10.8. The Balaban J connectivity index is 1.84. The number of rotatable bonds is 4. The third-order valence-corrected chi connectivity index (χ3v) is 3.36. The van der Waals surface area contributed by atoms with E-state index < -0.39 is 0 Å². The van der Waals surface area contributed by atoms with Crippen molar-refractivity contribution in [3.8, 4) is 11.5 Å². The predicted molar refractivity (Wildman–Crippen MR) is 89.9 cm³/mol. The van der Waals surface area contributed by atoms with E-state index in [1.807, 2.05) is 67.6 Å². The van der Waals surface area contributed by atoms with Gasteiger partial charge in [0.15, 0.2) is 0 Å². The summed E-state index contributed by atoms with van der Waals surface area (Å²) >= 11 is 0. The molecular formula is C19H17NO2. The predicted octanol–water partition coefficient (Wildman–Crippen LogP) is 4.51. The summed E-state index contributed by atoms with van der Waals surface area (Å²) < 4.78 is 5.42. The first-order valence-corrected chi connectivity index (χ1v) is 7.26. The van der Waals surface area contributed by atoms with E-state index in [-0.39, 0.29) is 5.75 Å². The van der Waals surface area contributed by atoms with E-state index in [9.17, 15) is 5.11 Å². The number of aromatic hydroxyl groups is 1. The minimum Gasteiger partial charge on any atom is -0.506 e. The average molecular weight is 291 g/mol. The van der Waals surface area contributed by atoms with E-state index in [0.717, 1.165) is 22.4 Å². The van der Waals surface area contributed by atoms with Crippen molar-refractivity contribution in [2.24, 2.45) is 0 Å². The number of ether oxygens (including phenoxy) is 1. The second-order valence-electron chi connectivity index (χ2n) is 4.92. The van der Waals surface area contributed by atoms with E-state index in [1.54, 1.807) is 6.07 Å². The molecule has 110 valence electrons. The molecule has 0 fully saturated rings. The number of aromatic nitrogens is 1. The number of pyridine rings is 1. The topological polar surface area (TPSA) is 42.4 Å². The van der Waals surface area contributed by atoms with Crippen molar-refractivity contribution in [2.45, 2.75) is 6.92 Å². The molecule has 3 heteroatoms. The van der Waals surface area contributed by atoms with Crippen molar-refractivity contribution in [1.82, 2.24) is 4.98 Å². The molecule has 0 aliphatic rings. The molecule has 0 aliphatic carbocycles. The number of para-hydroxylation sites is 1. The molecule has 0 atom stereocenters. The summed E-state index contributed by atoms with van der Waals surface area (Å²) in [6.45, 7) is 2.63. The third kappa shape index (κ3) is 3.09. The highest BCUT2D eigenvalue weighted by molar-refractivity contribution is 5.85. The van der Waals surface area contributed by atoms with Gasteiger partial charge in [-0.2, -0.15) is 0 Å². The quantitative estimate of drug-likeness (QED) is 0.769. The van der Waals surface area contributed by atoms with Crippen LogP contribution in [0.25, 0.3) is 23.1 Å². The third-order valence-electron chi connectivity index (χ3n) is 3.36. The lowest BCUT2D eigenvalue weighted by atomic mass is 10.1. The highest BCUT2D eigenvalue weighted by Crippen LogP contribution is 2.23. The molecule has 0 amide bonds. The van der Waals surface area contributed by atoms with E-state index in [2.05, 4.69) is 4.98 Å². The Hall–Kier alpha value is -2.81. The molecule has 0 bridgehead atoms. The number of hydrogen-bond acceptors (Lipinski definition) is 3. The van der Waals surface area contributed by atoms with Crippen molar-refractivity contribution in [3.63, 3.8) is 0 Å². The first-order chi connectivity index (χ1) is 10.8. The fourth-order valence-corrected chi connectivity index (χ4v) is 2.26. The monoisotopic (exact) mass is 291 g/mol. The molecule has 1 heterocycles. The molecule has 0 unspecified atom stereocenters. The van der Waals surface area contributed by atoms with Gasteiger partial charge in [0.1, 0.15) is 17.0 Å². The fourth-order valence-electron chi connectivity index (χ4n) is 2.26. The largest absolute Gasteiger partial charge is 0.506 e. The first kappa shape index (κ1) is 14.1. The highest BCUT2D eigenvalue weighted by Gasteiger charge is 2.00. The molecule has 1 N–H and O–H groups in total. The van der Waals surface area contributed by atoms with Crippen LogP contribution in [-0.4, -0.2) is 16.7 Å². The van der Waals surface area contributed by atoms with Gasteiger partial charge in [0.2, 0.25) is 0 Å². The van der Waals surface area contributed by atoms with Crippen LogP contribution < -0.4 is 4.74 Å². The van der Waals surface area contributed by atoms with Gasteiger partial charge in [-0.1, -0.05) is 36.4 Å². The van der Waals surface area contributed by atoms with Gasteiger partial charge in [0.05, 0.1) is 12.3 Å². The van der Waals surface area contributed by atoms with Gasteiger partial charge in [-0.05, 0) is 42.8 Å². The minimum absolute atomic E-state index is 0.203. The fraction of sp³-hybridized carbons (Fsp3) is 0.105. The van der Waals surface area contributed by atoms with Gasteiger partial charge in [-0.15, -0.1) is 0 Å². The lowest BCUT2D eigenvalue weighted by molar-refractivity contribution is 0.340. The van der Waals surface area contributed by atoms with E-state index >= 15 is 0 Å². The van der Waals surface area contributed by atoms with Gasteiger partial charge in [0.25, 0.3) is 0 Å². The Morgan fingerprint density at radius 1 is 1.00 bits per heavy atom. The van der Waals surface area contributed by atoms with Crippen molar-refractivity contribution in [3.05, 3.63) is 65.9 Å². The lowest BCUT2D eigenvalue weighted by Crippen LogP contribution is -1.90. The Morgan fingerprint density at radius 2 is 1.82 bits per heavy atom. The first-order valence-electron chi connectivity index (χ1n) is 7.26. The maximum Gasteiger partial charge on any atom is 0.141 e. The van der Waals surface area contributed by atoms with Crippen LogP contribution in [0.5, 0.6) is 11.5 Å². The summed E-state index contributed by atoms with van der Waals surface area (Å²) in [6.07, 6.45) is 3.92. The average Bonchev–Trinajstić information content (AvgIpc) is 2.55. The molecule has 0 saturated carbocycles. The lowest BCUT2D eigenvalue weighted by Gasteiger charge is -2.03. The number of benzene rings is 2. The van der Waals surface area contributed by atoms with E-state index in [4.69, 9.17) is 4.74 Å². The van der Waals surface area contributed by atoms with Crippen molar-refractivity contribution in [1.29, 1.82) is 0 Å². The van der Waals surface area contributed by atoms with Crippen LogP contribution in [0.2, 0.25) is 0 Å². The van der Waals surface area contributed by atoms with Crippen LogP contribution in [0.3, 0.4) is 0 Å². The van der Waals surface area contributed by atoms with E-state index in [1.165, 1.54) is 0 Å². The van der Waals surface area contributed by atoms with Crippen LogP contribution in [0.15, 0.2) is 54.6 Å². The van der Waals surface area contributed by atoms with Gasteiger partial charge >= 0.3 is 0 Å². The Morgan fingerprint density at radius 3 is 2.59 bits per heavy atom. The van der Waals surface area contributed by atoms with Gasteiger partial charge in [-0.25, -0.2) is 4.98 Å². The second kappa shape index (κ2) is 6.31. The van der Waals surface area contributed by atoms with Crippen LogP contribution >= 0.6 is 0 Å². The van der Waals surface area contributed by atoms with Crippen LogP contribution in [-0.2, 0) is 0 Å². The smallest absolute Gasteiger partial charge is 0.141 e. The van der Waals surface area contributed by atoms with Gasteiger partial charge in [0, 0.05) is 5.39 Å². The zero-order valence-electron chi connectivity index (χ0n) is 12.4. The van der Waals surface area contributed by atoms with E-state index in [0.29, 0.717) is 12.1 Å².